The molecule has 0 saturated carbocycles. The van der Waals surface area contributed by atoms with E-state index in [4.69, 9.17) is 0 Å². The van der Waals surface area contributed by atoms with Gasteiger partial charge in [-0.1, -0.05) is 17.7 Å². The minimum atomic E-state index is -0.251. The quantitative estimate of drug-likeness (QED) is 0.820. The van der Waals surface area contributed by atoms with Crippen LogP contribution < -0.4 is 15.5 Å². The smallest absolute Gasteiger partial charge is 0.314 e. The maximum absolute atomic E-state index is 11.9. The monoisotopic (exact) mass is 247 g/mol. The maximum atomic E-state index is 11.9. The van der Waals surface area contributed by atoms with Crippen LogP contribution in [-0.4, -0.2) is 31.6 Å². The molecule has 0 bridgehead atoms. The van der Waals surface area contributed by atoms with E-state index in [1.165, 1.54) is 0 Å². The average molecular weight is 247 g/mol. The standard InChI is InChI=1S/C13H17N3O2/c1-9-3-5-11(6-4-9)16-8-10(7-12(16)17)15-13(18)14-2/h3-6,10H,7-8H2,1-2H3,(H2,14,15,18). The summed E-state index contributed by atoms with van der Waals surface area (Å²) < 4.78 is 0. The Morgan fingerprint density at radius 1 is 1.33 bits per heavy atom. The van der Waals surface area contributed by atoms with Crippen molar-refractivity contribution in [1.29, 1.82) is 0 Å². The fraction of sp³-hybridized carbons (Fsp3) is 0.385. The van der Waals surface area contributed by atoms with E-state index in [-0.39, 0.29) is 18.0 Å². The van der Waals surface area contributed by atoms with Crippen molar-refractivity contribution in [3.05, 3.63) is 29.8 Å². The van der Waals surface area contributed by atoms with Gasteiger partial charge < -0.3 is 15.5 Å². The Hall–Kier alpha value is -2.04. The Morgan fingerprint density at radius 3 is 2.61 bits per heavy atom. The summed E-state index contributed by atoms with van der Waals surface area (Å²) in [6, 6.07) is 7.42. The SMILES string of the molecule is CNC(=O)NC1CC(=O)N(c2ccc(C)cc2)C1. The minimum Gasteiger partial charge on any atom is -0.341 e. The molecular formula is C13H17N3O2. The van der Waals surface area contributed by atoms with Crippen LogP contribution in [0.5, 0.6) is 0 Å². The Kier molecular flexibility index (Phi) is 3.50. The molecule has 1 saturated heterocycles. The molecule has 3 amide bonds. The number of nitrogens with zero attached hydrogens (tertiary/aromatic N) is 1. The molecule has 0 aromatic heterocycles. The van der Waals surface area contributed by atoms with Crippen molar-refractivity contribution in [2.45, 2.75) is 19.4 Å². The van der Waals surface area contributed by atoms with Gasteiger partial charge in [0.2, 0.25) is 5.91 Å². The number of rotatable bonds is 2. The number of aryl methyl sites for hydroxylation is 1. The third kappa shape index (κ3) is 2.61. The molecule has 1 aliphatic rings. The first-order valence-electron chi connectivity index (χ1n) is 5.95. The number of anilines is 1. The number of hydrogen-bond donors (Lipinski definition) is 2. The van der Waals surface area contributed by atoms with Crippen LogP contribution in [0.15, 0.2) is 24.3 Å². The third-order valence-corrected chi connectivity index (χ3v) is 3.03. The van der Waals surface area contributed by atoms with Crippen LogP contribution in [0.25, 0.3) is 0 Å². The second-order valence-corrected chi connectivity index (χ2v) is 4.46. The largest absolute Gasteiger partial charge is 0.341 e. The van der Waals surface area contributed by atoms with Crippen LogP contribution in [-0.2, 0) is 4.79 Å². The molecule has 1 unspecified atom stereocenters. The topological polar surface area (TPSA) is 61.4 Å². The zero-order valence-electron chi connectivity index (χ0n) is 10.6. The molecule has 5 heteroatoms. The van der Waals surface area contributed by atoms with E-state index in [0.29, 0.717) is 13.0 Å². The molecule has 2 rings (SSSR count). The highest BCUT2D eigenvalue weighted by Crippen LogP contribution is 2.21. The summed E-state index contributed by atoms with van der Waals surface area (Å²) in [7, 11) is 1.56. The van der Waals surface area contributed by atoms with Gasteiger partial charge in [-0.3, -0.25) is 4.79 Å². The van der Waals surface area contributed by atoms with E-state index in [1.807, 2.05) is 31.2 Å². The Balaban J connectivity index is 2.05. The number of urea groups is 1. The second kappa shape index (κ2) is 5.08. The van der Waals surface area contributed by atoms with Gasteiger partial charge >= 0.3 is 6.03 Å². The molecule has 1 heterocycles. The summed E-state index contributed by atoms with van der Waals surface area (Å²) in [5.41, 5.74) is 2.04. The predicted octanol–water partition coefficient (Wildman–Crippen LogP) is 1.03. The minimum absolute atomic E-state index is 0.0419. The third-order valence-electron chi connectivity index (χ3n) is 3.03. The lowest BCUT2D eigenvalue weighted by atomic mass is 10.2. The predicted molar refractivity (Wildman–Crippen MR) is 69.5 cm³/mol. The zero-order chi connectivity index (χ0) is 13.1. The van der Waals surface area contributed by atoms with Gasteiger partial charge in [0.15, 0.2) is 0 Å². The van der Waals surface area contributed by atoms with Crippen LogP contribution >= 0.6 is 0 Å². The van der Waals surface area contributed by atoms with E-state index in [9.17, 15) is 9.59 Å². The summed E-state index contributed by atoms with van der Waals surface area (Å²) in [6.45, 7) is 2.53. The number of carbonyl (C=O) groups is 2. The summed E-state index contributed by atoms with van der Waals surface area (Å²) in [5.74, 6) is 0.0419. The van der Waals surface area contributed by atoms with Gasteiger partial charge in [-0.25, -0.2) is 4.79 Å². The molecule has 2 N–H and O–H groups in total. The summed E-state index contributed by atoms with van der Waals surface area (Å²) in [5, 5.41) is 5.25. The normalized spacial score (nSPS) is 18.9. The van der Waals surface area contributed by atoms with Crippen molar-refractivity contribution in [1.82, 2.24) is 10.6 Å². The molecule has 1 aliphatic heterocycles. The molecule has 5 nitrogen and oxygen atoms in total. The highest BCUT2D eigenvalue weighted by molar-refractivity contribution is 5.96. The van der Waals surface area contributed by atoms with E-state index in [2.05, 4.69) is 10.6 Å². The first kappa shape index (κ1) is 12.4. The fourth-order valence-corrected chi connectivity index (χ4v) is 2.04. The molecule has 1 aromatic carbocycles. The molecule has 0 spiro atoms. The van der Waals surface area contributed by atoms with E-state index in [0.717, 1.165) is 11.3 Å². The first-order chi connectivity index (χ1) is 8.60. The Labute approximate surface area is 106 Å². The lowest BCUT2D eigenvalue weighted by molar-refractivity contribution is -0.117. The van der Waals surface area contributed by atoms with Gasteiger partial charge in [-0.15, -0.1) is 0 Å². The van der Waals surface area contributed by atoms with Crippen LogP contribution in [0.4, 0.5) is 10.5 Å². The van der Waals surface area contributed by atoms with Gasteiger partial charge in [0.1, 0.15) is 0 Å². The van der Waals surface area contributed by atoms with E-state index < -0.39 is 0 Å². The highest BCUT2D eigenvalue weighted by atomic mass is 16.2. The van der Waals surface area contributed by atoms with Crippen molar-refractivity contribution in [2.75, 3.05) is 18.5 Å². The fourth-order valence-electron chi connectivity index (χ4n) is 2.04. The van der Waals surface area contributed by atoms with Crippen LogP contribution in [0.2, 0.25) is 0 Å². The lowest BCUT2D eigenvalue weighted by Gasteiger charge is -2.17. The van der Waals surface area contributed by atoms with Crippen molar-refractivity contribution >= 4 is 17.6 Å². The molecule has 18 heavy (non-hydrogen) atoms. The van der Waals surface area contributed by atoms with Crippen molar-refractivity contribution in [3.63, 3.8) is 0 Å². The van der Waals surface area contributed by atoms with E-state index >= 15 is 0 Å². The highest BCUT2D eigenvalue weighted by Gasteiger charge is 2.31. The lowest BCUT2D eigenvalue weighted by Crippen LogP contribution is -2.41. The Bertz CT molecular complexity index is 456. The number of hydrogen-bond acceptors (Lipinski definition) is 2. The van der Waals surface area contributed by atoms with Crippen molar-refractivity contribution in [2.24, 2.45) is 0 Å². The molecule has 1 aromatic rings. The zero-order valence-corrected chi connectivity index (χ0v) is 10.6. The average Bonchev–Trinajstić information content (AvgIpc) is 2.71. The molecule has 96 valence electrons. The summed E-state index contributed by atoms with van der Waals surface area (Å²) in [6.07, 6.45) is 0.349. The molecule has 1 atom stereocenters. The van der Waals surface area contributed by atoms with Crippen LogP contribution in [0, 0.1) is 6.92 Å². The van der Waals surface area contributed by atoms with Gasteiger partial charge in [0.05, 0.1) is 6.04 Å². The van der Waals surface area contributed by atoms with Crippen molar-refractivity contribution < 1.29 is 9.59 Å². The molecule has 1 fully saturated rings. The Morgan fingerprint density at radius 2 is 2.00 bits per heavy atom. The van der Waals surface area contributed by atoms with Gasteiger partial charge in [0.25, 0.3) is 0 Å². The second-order valence-electron chi connectivity index (χ2n) is 4.46. The molecule has 0 aliphatic carbocycles. The van der Waals surface area contributed by atoms with Crippen LogP contribution in [0.1, 0.15) is 12.0 Å². The number of nitrogens with one attached hydrogen (secondary N) is 2. The summed E-state index contributed by atoms with van der Waals surface area (Å²) >= 11 is 0. The van der Waals surface area contributed by atoms with E-state index in [1.54, 1.807) is 11.9 Å². The van der Waals surface area contributed by atoms with Gasteiger partial charge in [0, 0.05) is 25.7 Å². The molecular weight excluding hydrogens is 230 g/mol. The number of carbonyl (C=O) groups excluding carboxylic acids is 2. The number of benzene rings is 1. The van der Waals surface area contributed by atoms with Crippen molar-refractivity contribution in [3.8, 4) is 0 Å². The molecule has 0 radical (unpaired) electrons. The van der Waals surface area contributed by atoms with Gasteiger partial charge in [-0.05, 0) is 19.1 Å². The first-order valence-corrected chi connectivity index (χ1v) is 5.95. The summed E-state index contributed by atoms with van der Waals surface area (Å²) in [4.78, 5) is 24.8. The van der Waals surface area contributed by atoms with Crippen LogP contribution in [0.3, 0.4) is 0 Å². The number of amides is 3. The van der Waals surface area contributed by atoms with Gasteiger partial charge in [-0.2, -0.15) is 0 Å². The maximum Gasteiger partial charge on any atom is 0.314 e.